The number of carbonyl (C=O) groups is 4. The van der Waals surface area contributed by atoms with Crippen LogP contribution in [0, 0.1) is 17.8 Å². The summed E-state index contributed by atoms with van der Waals surface area (Å²) in [5, 5.41) is 13.9. The van der Waals surface area contributed by atoms with Gasteiger partial charge < -0.3 is 25.4 Å². The fourth-order valence-corrected chi connectivity index (χ4v) is 6.42. The molecule has 0 bridgehead atoms. The molecule has 2 aliphatic rings. The number of halogens is 1. The number of nitrogens with zero attached hydrogens (tertiary/aromatic N) is 3. The molecular formula is C31H32ClN7O4. The number of amides is 4. The van der Waals surface area contributed by atoms with Gasteiger partial charge in [0, 0.05) is 60.9 Å². The molecule has 2 aromatic carbocycles. The van der Waals surface area contributed by atoms with E-state index in [1.54, 1.807) is 21.9 Å². The maximum absolute atomic E-state index is 13.6. The molecule has 12 heteroatoms. The number of carbonyl (C=O) groups excluding carboxylic acids is 4. The zero-order chi connectivity index (χ0) is 30.1. The largest absolute Gasteiger partial charge is 0.361 e. The number of nitrogens with one attached hydrogen (secondary N) is 4. The number of aromatic nitrogens is 3. The molecule has 4 amide bonds. The second-order valence-corrected chi connectivity index (χ2v) is 11.6. The monoisotopic (exact) mass is 601 g/mol. The van der Waals surface area contributed by atoms with E-state index in [1.165, 1.54) is 7.05 Å². The number of aromatic amines is 2. The Hall–Kier alpha value is -4.64. The van der Waals surface area contributed by atoms with Gasteiger partial charge >= 0.3 is 0 Å². The minimum Gasteiger partial charge on any atom is -0.361 e. The van der Waals surface area contributed by atoms with Crippen molar-refractivity contribution in [2.45, 2.75) is 6.42 Å². The highest BCUT2D eigenvalue weighted by Gasteiger charge is 2.48. The van der Waals surface area contributed by atoms with Crippen LogP contribution in [0.25, 0.3) is 22.2 Å². The smallest absolute Gasteiger partial charge is 0.271 e. The normalized spacial score (nSPS) is 19.7. The van der Waals surface area contributed by atoms with Crippen molar-refractivity contribution in [3.63, 3.8) is 0 Å². The third kappa shape index (κ3) is 5.85. The summed E-state index contributed by atoms with van der Waals surface area (Å²) >= 11 is 6.12. The van der Waals surface area contributed by atoms with Crippen molar-refractivity contribution >= 4 is 46.1 Å². The van der Waals surface area contributed by atoms with Crippen molar-refractivity contribution < 1.29 is 19.2 Å². The maximum Gasteiger partial charge on any atom is 0.271 e. The van der Waals surface area contributed by atoms with Gasteiger partial charge in [-0.2, -0.15) is 5.10 Å². The minimum absolute atomic E-state index is 0.101. The Morgan fingerprint density at radius 2 is 1.79 bits per heavy atom. The standard InChI is InChI=1S/C31H32ClN7O4/c1-33-28(40)13-35-30(42)24-17-38(29(41)9-19-12-34-26-10-21(32)7-8-22(19)26)14-20-15-39(16-23(20)24)31(43)27-11-25(36-37-27)18-5-3-2-4-6-18/h2-8,10-12,20,23-24,34H,9,13-17H2,1H3,(H,33,40)(H,35,42)(H,36,37). The van der Waals surface area contributed by atoms with Crippen LogP contribution in [0.5, 0.6) is 0 Å². The highest BCUT2D eigenvalue weighted by atomic mass is 35.5. The molecule has 3 unspecified atom stereocenters. The Morgan fingerprint density at radius 1 is 1.00 bits per heavy atom. The summed E-state index contributed by atoms with van der Waals surface area (Å²) in [6.07, 6.45) is 1.97. The SMILES string of the molecule is CNC(=O)CNC(=O)C1CN(C(=O)Cc2c[nH]c3cc(Cl)ccc23)CC2CN(C(=O)c3cc(-c4ccccc4)n[nH]3)CC21. The fraction of sp³-hybridized carbons (Fsp3) is 0.323. The van der Waals surface area contributed by atoms with Crippen LogP contribution in [0.15, 0.2) is 60.8 Å². The molecule has 2 aliphatic heterocycles. The van der Waals surface area contributed by atoms with Gasteiger partial charge in [-0.15, -0.1) is 0 Å². The Kier molecular flexibility index (Phi) is 7.90. The quantitative estimate of drug-likeness (QED) is 0.257. The summed E-state index contributed by atoms with van der Waals surface area (Å²) in [7, 11) is 1.50. The number of hydrogen-bond acceptors (Lipinski definition) is 5. The molecule has 222 valence electrons. The summed E-state index contributed by atoms with van der Waals surface area (Å²) in [5.74, 6) is -1.77. The van der Waals surface area contributed by atoms with Crippen LogP contribution < -0.4 is 10.6 Å². The van der Waals surface area contributed by atoms with Gasteiger partial charge in [-0.05, 0) is 35.6 Å². The lowest BCUT2D eigenvalue weighted by Crippen LogP contribution is -2.54. The number of piperidine rings is 1. The van der Waals surface area contributed by atoms with E-state index >= 15 is 0 Å². The number of H-pyrrole nitrogens is 2. The van der Waals surface area contributed by atoms with Gasteiger partial charge in [0.25, 0.3) is 5.91 Å². The highest BCUT2D eigenvalue weighted by molar-refractivity contribution is 6.31. The molecule has 0 spiro atoms. The lowest BCUT2D eigenvalue weighted by atomic mass is 9.79. The zero-order valence-corrected chi connectivity index (χ0v) is 24.4. The molecule has 6 rings (SSSR count). The van der Waals surface area contributed by atoms with Crippen molar-refractivity contribution in [3.8, 4) is 11.3 Å². The van der Waals surface area contributed by atoms with E-state index < -0.39 is 5.92 Å². The van der Waals surface area contributed by atoms with Crippen molar-refractivity contribution in [2.75, 3.05) is 39.8 Å². The fourth-order valence-electron chi connectivity index (χ4n) is 6.25. The number of likely N-dealkylation sites (N-methyl/N-ethyl adjacent to an activating group) is 1. The highest BCUT2D eigenvalue weighted by Crippen LogP contribution is 2.37. The van der Waals surface area contributed by atoms with E-state index in [-0.39, 0.29) is 55.0 Å². The molecule has 4 N–H and O–H groups in total. The first-order valence-corrected chi connectivity index (χ1v) is 14.6. The summed E-state index contributed by atoms with van der Waals surface area (Å²) in [6.45, 7) is 1.25. The van der Waals surface area contributed by atoms with Gasteiger partial charge in [-0.1, -0.05) is 48.0 Å². The number of rotatable bonds is 7. The Bertz CT molecular complexity index is 1680. The number of likely N-dealkylation sites (tertiary alicyclic amines) is 2. The second kappa shape index (κ2) is 11.9. The van der Waals surface area contributed by atoms with Crippen LogP contribution in [0.1, 0.15) is 16.1 Å². The van der Waals surface area contributed by atoms with Crippen molar-refractivity contribution in [1.29, 1.82) is 0 Å². The van der Waals surface area contributed by atoms with E-state index in [9.17, 15) is 19.2 Å². The summed E-state index contributed by atoms with van der Waals surface area (Å²) in [5.41, 5.74) is 3.62. The molecule has 43 heavy (non-hydrogen) atoms. The number of fused-ring (bicyclic) bond motifs is 2. The first kappa shape index (κ1) is 28.5. The molecule has 2 aromatic heterocycles. The first-order chi connectivity index (χ1) is 20.8. The third-order valence-electron chi connectivity index (χ3n) is 8.51. The average Bonchev–Trinajstić information content (AvgIpc) is 3.78. The van der Waals surface area contributed by atoms with Crippen LogP contribution in [0.3, 0.4) is 0 Å². The zero-order valence-electron chi connectivity index (χ0n) is 23.6. The summed E-state index contributed by atoms with van der Waals surface area (Å²) in [4.78, 5) is 59.0. The molecular weight excluding hydrogens is 570 g/mol. The van der Waals surface area contributed by atoms with Gasteiger partial charge in [0.15, 0.2) is 0 Å². The van der Waals surface area contributed by atoms with Crippen molar-refractivity contribution in [1.82, 2.24) is 35.6 Å². The molecule has 0 saturated carbocycles. The number of benzene rings is 2. The molecule has 11 nitrogen and oxygen atoms in total. The van der Waals surface area contributed by atoms with Gasteiger partial charge in [-0.25, -0.2) is 0 Å². The van der Waals surface area contributed by atoms with Gasteiger partial charge in [-0.3, -0.25) is 24.3 Å². The van der Waals surface area contributed by atoms with Crippen LogP contribution in [0.4, 0.5) is 0 Å². The van der Waals surface area contributed by atoms with Crippen molar-refractivity contribution in [2.24, 2.45) is 17.8 Å². The Morgan fingerprint density at radius 3 is 2.58 bits per heavy atom. The second-order valence-electron chi connectivity index (χ2n) is 11.1. The predicted octanol–water partition coefficient (Wildman–Crippen LogP) is 2.46. The van der Waals surface area contributed by atoms with Crippen LogP contribution in [-0.4, -0.2) is 88.4 Å². The molecule has 0 aliphatic carbocycles. The average molecular weight is 602 g/mol. The Labute approximate surface area is 252 Å². The molecule has 4 heterocycles. The topological polar surface area (TPSA) is 143 Å². The van der Waals surface area contributed by atoms with Crippen molar-refractivity contribution in [3.05, 3.63) is 77.1 Å². The summed E-state index contributed by atoms with van der Waals surface area (Å²) < 4.78 is 0. The maximum atomic E-state index is 13.6. The Balaban J connectivity index is 1.20. The lowest BCUT2D eigenvalue weighted by molar-refractivity contribution is -0.139. The molecule has 3 atom stereocenters. The molecule has 0 radical (unpaired) electrons. The molecule has 2 fully saturated rings. The predicted molar refractivity (Wildman–Crippen MR) is 161 cm³/mol. The number of hydrogen-bond donors (Lipinski definition) is 4. The molecule has 2 saturated heterocycles. The van der Waals surface area contributed by atoms with Gasteiger partial charge in [0.1, 0.15) is 5.69 Å². The van der Waals surface area contributed by atoms with E-state index in [0.29, 0.717) is 36.0 Å². The third-order valence-corrected chi connectivity index (χ3v) is 8.74. The molecule has 4 aromatic rings. The van der Waals surface area contributed by atoms with Gasteiger partial charge in [0.2, 0.25) is 17.7 Å². The van der Waals surface area contributed by atoms with Crippen LogP contribution >= 0.6 is 11.6 Å². The van der Waals surface area contributed by atoms with Crippen LogP contribution in [-0.2, 0) is 20.8 Å². The van der Waals surface area contributed by atoms with E-state index in [0.717, 1.165) is 22.0 Å². The minimum atomic E-state index is -0.575. The van der Waals surface area contributed by atoms with Crippen LogP contribution in [0.2, 0.25) is 5.02 Å². The van der Waals surface area contributed by atoms with E-state index in [2.05, 4.69) is 25.8 Å². The lowest BCUT2D eigenvalue weighted by Gasteiger charge is -2.39. The van der Waals surface area contributed by atoms with E-state index in [4.69, 9.17) is 11.6 Å². The summed E-state index contributed by atoms with van der Waals surface area (Å²) in [6, 6.07) is 16.8. The first-order valence-electron chi connectivity index (χ1n) is 14.2. The van der Waals surface area contributed by atoms with E-state index in [1.807, 2.05) is 48.7 Å². The van der Waals surface area contributed by atoms with Gasteiger partial charge in [0.05, 0.1) is 24.6 Å².